The Hall–Kier alpha value is -10.2. The molecule has 9 aromatic rings. The van der Waals surface area contributed by atoms with E-state index in [0.29, 0.717) is 76.2 Å². The summed E-state index contributed by atoms with van der Waals surface area (Å²) in [6, 6.07) is 19.9. The molecule has 0 bridgehead atoms. The van der Waals surface area contributed by atoms with Crippen LogP contribution in [0.15, 0.2) is 153 Å². The Bertz CT molecular complexity index is 4060. The number of pyridine rings is 6. The van der Waals surface area contributed by atoms with Crippen LogP contribution in [0.5, 0.6) is 0 Å². The molecular weight excluding hydrogens is 1250 g/mol. The molecule has 492 valence electrons. The lowest BCUT2D eigenvalue weighted by atomic mass is 9.96. The minimum atomic E-state index is -4.44. The van der Waals surface area contributed by atoms with Crippen LogP contribution in [0.3, 0.4) is 0 Å². The number of likely N-dealkylation sites (tertiary alicyclic amines) is 3. The highest BCUT2D eigenvalue weighted by atomic mass is 35.5. The molecule has 21 nitrogen and oxygen atoms in total. The maximum atomic E-state index is 13.5. The zero-order chi connectivity index (χ0) is 67.4. The van der Waals surface area contributed by atoms with Crippen LogP contribution in [0, 0.1) is 13.8 Å². The number of hydrogen-bond donors (Lipinski definition) is 3. The number of anilines is 3. The number of carbonyl (C=O) groups excluding carboxylic acids is 3. The molecule has 3 N–H and O–H groups in total. The Morgan fingerprint density at radius 1 is 0.442 bits per heavy atom. The molecule has 0 aliphatic carbocycles. The molecule has 12 heterocycles. The number of rotatable bonds is 12. The van der Waals surface area contributed by atoms with E-state index in [2.05, 4.69) is 75.8 Å². The van der Waals surface area contributed by atoms with Gasteiger partial charge in [0.2, 0.25) is 0 Å². The van der Waals surface area contributed by atoms with Crippen LogP contribution in [-0.4, -0.2) is 148 Å². The van der Waals surface area contributed by atoms with E-state index in [1.807, 2.05) is 63.8 Å². The summed E-state index contributed by atoms with van der Waals surface area (Å²) >= 11 is 5.92. The van der Waals surface area contributed by atoms with Crippen LogP contribution < -0.4 is 16.0 Å². The van der Waals surface area contributed by atoms with Crippen molar-refractivity contribution in [1.82, 2.24) is 74.5 Å². The van der Waals surface area contributed by atoms with Gasteiger partial charge >= 0.3 is 12.4 Å². The zero-order valence-corrected chi connectivity index (χ0v) is 53.1. The molecule has 0 aromatic carbocycles. The first kappa shape index (κ1) is 67.7. The molecule has 95 heavy (non-hydrogen) atoms. The van der Waals surface area contributed by atoms with Crippen molar-refractivity contribution in [3.05, 3.63) is 198 Å². The van der Waals surface area contributed by atoms with Gasteiger partial charge < -0.3 is 30.7 Å². The number of nitrogens with one attached hydrogen (secondary N) is 3. The first-order valence-electron chi connectivity index (χ1n) is 30.7. The number of nitrogens with zero attached hydrogens (tertiary/aromatic N) is 15. The Kier molecular flexibility index (Phi) is 21.6. The molecule has 9 aromatic heterocycles. The minimum Gasteiger partial charge on any atom is -0.365 e. The Morgan fingerprint density at radius 3 is 1.27 bits per heavy atom. The predicted octanol–water partition coefficient (Wildman–Crippen LogP) is 12.4. The highest BCUT2D eigenvalue weighted by Gasteiger charge is 2.38. The van der Waals surface area contributed by atoms with Gasteiger partial charge in [0.25, 0.3) is 17.7 Å². The topological polar surface area (TPSA) is 252 Å². The molecule has 3 aliphatic rings. The van der Waals surface area contributed by atoms with E-state index < -0.39 is 23.5 Å². The molecule has 6 atom stereocenters. The molecule has 0 radical (unpaired) electrons. The minimum absolute atomic E-state index is 0.0275. The summed E-state index contributed by atoms with van der Waals surface area (Å²) in [5.41, 5.74) is 2.83. The summed E-state index contributed by atoms with van der Waals surface area (Å²) in [7, 11) is 0. The average Bonchev–Trinajstić information content (AvgIpc) is 0.846. The Balaban J connectivity index is 0.000000156. The highest BCUT2D eigenvalue weighted by Crippen LogP contribution is 2.34. The van der Waals surface area contributed by atoms with Crippen molar-refractivity contribution in [1.29, 1.82) is 0 Å². The second kappa shape index (κ2) is 30.3. The van der Waals surface area contributed by atoms with Gasteiger partial charge in [0.15, 0.2) is 17.5 Å². The van der Waals surface area contributed by atoms with Crippen molar-refractivity contribution >= 4 is 46.8 Å². The molecular formula is C67H67ClF6N18O3. The van der Waals surface area contributed by atoms with Gasteiger partial charge in [-0.05, 0) is 163 Å². The Labute approximate surface area is 548 Å². The molecule has 3 fully saturated rings. The van der Waals surface area contributed by atoms with Crippen LogP contribution in [0.4, 0.5) is 43.8 Å². The van der Waals surface area contributed by atoms with Gasteiger partial charge in [-0.25, -0.2) is 44.9 Å². The normalized spacial score (nSPS) is 18.8. The van der Waals surface area contributed by atoms with Gasteiger partial charge in [-0.15, -0.1) is 0 Å². The third-order valence-corrected chi connectivity index (χ3v) is 16.9. The zero-order valence-electron chi connectivity index (χ0n) is 52.3. The lowest BCUT2D eigenvalue weighted by Gasteiger charge is -2.40. The predicted molar refractivity (Wildman–Crippen MR) is 344 cm³/mol. The first-order chi connectivity index (χ1) is 45.6. The van der Waals surface area contributed by atoms with Crippen LogP contribution in [0.25, 0.3) is 34.2 Å². The number of aryl methyl sites for hydroxylation is 2. The highest BCUT2D eigenvalue weighted by molar-refractivity contribution is 6.30. The summed E-state index contributed by atoms with van der Waals surface area (Å²) in [5.74, 6) is 2.17. The number of amides is 3. The molecule has 3 saturated heterocycles. The fourth-order valence-electron chi connectivity index (χ4n) is 11.6. The second-order valence-corrected chi connectivity index (χ2v) is 23.4. The Morgan fingerprint density at radius 2 is 0.842 bits per heavy atom. The fraction of sp³-hybridized carbons (Fsp3) is 0.328. The lowest BCUT2D eigenvalue weighted by molar-refractivity contribution is -0.138. The fourth-order valence-corrected chi connectivity index (χ4v) is 11.7. The molecule has 0 unspecified atom stereocenters. The number of halogens is 7. The van der Waals surface area contributed by atoms with Gasteiger partial charge in [-0.3, -0.25) is 29.3 Å². The van der Waals surface area contributed by atoms with Crippen molar-refractivity contribution in [2.75, 3.05) is 35.6 Å². The number of carbonyl (C=O) groups is 3. The quantitative estimate of drug-likeness (QED) is 0.0961. The molecule has 12 rings (SSSR count). The van der Waals surface area contributed by atoms with Crippen LogP contribution in [0.1, 0.15) is 113 Å². The molecule has 3 aliphatic heterocycles. The standard InChI is InChI=1S/2C23H23F3N6O.C21H21ClN6O/c1-14-8-11-27-20(19(14)21-28-9-4-10-29-21)22(33)32-12-3-5-17(15(32)2)31-18-7-6-16(13-30-18)23(24,25)26;1-14-11-17(21-27-8-4-9-28-21)20(30-12-14)22(33)32-10-3-5-18(15(32)2)31-19-7-6-16(13-29-19)23(24,25)26;1-14-17(27-18-8-7-15(22)13-26-18)6-3-12-28(14)21(29)19-16(5-2-9-23-19)20-24-10-4-11-25-20/h4,6-11,13,15,17H,3,5,12H2,1-2H3,(H,30,31);4,6-9,11-13,15,18H,3,5,10H2,1-2H3,(H,29,31);2,4-5,7-11,13-14,17H,3,6,12H2,1H3,(H,26,27)/t15-,17+;15-,18+;14-,17+/m000/s1. The van der Waals surface area contributed by atoms with E-state index in [-0.39, 0.29) is 65.4 Å². The number of alkyl halides is 6. The van der Waals surface area contributed by atoms with Crippen molar-refractivity contribution in [2.45, 2.75) is 122 Å². The van der Waals surface area contributed by atoms with Gasteiger partial charge in [0.05, 0.1) is 32.8 Å². The lowest BCUT2D eigenvalue weighted by Crippen LogP contribution is -2.52. The van der Waals surface area contributed by atoms with Gasteiger partial charge in [-0.2, -0.15) is 26.3 Å². The van der Waals surface area contributed by atoms with E-state index in [1.54, 1.807) is 102 Å². The average molecular weight is 1320 g/mol. The van der Waals surface area contributed by atoms with E-state index in [9.17, 15) is 40.7 Å². The maximum absolute atomic E-state index is 13.5. The molecule has 0 saturated carbocycles. The van der Waals surface area contributed by atoms with Gasteiger partial charge in [0.1, 0.15) is 34.5 Å². The van der Waals surface area contributed by atoms with E-state index in [0.717, 1.165) is 80.0 Å². The van der Waals surface area contributed by atoms with Crippen molar-refractivity contribution in [3.8, 4) is 34.2 Å². The van der Waals surface area contributed by atoms with Crippen molar-refractivity contribution in [2.24, 2.45) is 0 Å². The van der Waals surface area contributed by atoms with Crippen LogP contribution in [0.2, 0.25) is 5.02 Å². The van der Waals surface area contributed by atoms with Crippen LogP contribution >= 0.6 is 11.6 Å². The van der Waals surface area contributed by atoms with Crippen molar-refractivity contribution < 1.29 is 40.7 Å². The van der Waals surface area contributed by atoms with E-state index in [4.69, 9.17) is 11.6 Å². The SMILES string of the molecule is C[C@H]1[C@H](Nc2ccc(Cl)cn2)CCCN1C(=O)c1ncccc1-c1ncccn1.Cc1ccnc(C(=O)N2CCC[C@@H](Nc3ccc(C(F)(F)F)cn3)[C@@H]2C)c1-c1ncccn1.Cc1cnc(C(=O)N2CCC[C@@H](Nc3ccc(C(F)(F)F)cn3)[C@@H]2C)c(-c2ncccn2)c1. The summed E-state index contributed by atoms with van der Waals surface area (Å²) < 4.78 is 76.8. The molecule has 0 spiro atoms. The number of piperidine rings is 3. The van der Waals surface area contributed by atoms with Crippen LogP contribution in [-0.2, 0) is 12.4 Å². The van der Waals surface area contributed by atoms with E-state index in [1.165, 1.54) is 12.1 Å². The molecule has 3 amide bonds. The number of aromatic nitrogens is 12. The smallest absolute Gasteiger partial charge is 0.365 e. The maximum Gasteiger partial charge on any atom is 0.417 e. The van der Waals surface area contributed by atoms with Crippen molar-refractivity contribution in [3.63, 3.8) is 0 Å². The molecule has 28 heteroatoms. The summed E-state index contributed by atoms with van der Waals surface area (Å²) in [6.45, 7) is 11.4. The third-order valence-electron chi connectivity index (χ3n) is 16.7. The van der Waals surface area contributed by atoms with Gasteiger partial charge in [0, 0.05) is 130 Å². The van der Waals surface area contributed by atoms with Gasteiger partial charge in [-0.1, -0.05) is 11.6 Å². The number of hydrogen-bond acceptors (Lipinski definition) is 18. The summed E-state index contributed by atoms with van der Waals surface area (Å²) in [6.07, 6.45) is 13.8. The summed E-state index contributed by atoms with van der Waals surface area (Å²) in [4.78, 5) is 96.7. The first-order valence-corrected chi connectivity index (χ1v) is 31.1. The van der Waals surface area contributed by atoms with E-state index >= 15 is 0 Å². The third kappa shape index (κ3) is 16.6. The summed E-state index contributed by atoms with van der Waals surface area (Å²) in [5, 5.41) is 10.4. The monoisotopic (exact) mass is 1320 g/mol. The second-order valence-electron chi connectivity index (χ2n) is 23.0. The largest absolute Gasteiger partial charge is 0.417 e.